The maximum absolute atomic E-state index is 12.9. The number of aromatic nitrogens is 1. The van der Waals surface area contributed by atoms with Crippen molar-refractivity contribution >= 4 is 34.1 Å². The summed E-state index contributed by atoms with van der Waals surface area (Å²) in [7, 11) is 1.34. The number of ether oxygens (including phenoxy) is 1. The van der Waals surface area contributed by atoms with Gasteiger partial charge in [-0.3, -0.25) is 4.79 Å². The second-order valence-electron chi connectivity index (χ2n) is 10.9. The SMILES string of the molecule is COC(=O)c1cc2[nH]c(O)c(C(=Nc3ccc(C(=O)CCCN4CCC(CO)CC4)cc3)c3ccccc3)c2cc1C. The fourth-order valence-electron chi connectivity index (χ4n) is 5.62. The molecule has 5 rings (SSSR count). The van der Waals surface area contributed by atoms with Crippen LogP contribution in [-0.2, 0) is 4.74 Å². The van der Waals surface area contributed by atoms with Gasteiger partial charge in [0.15, 0.2) is 11.7 Å². The number of likely N-dealkylation sites (tertiary alicyclic amines) is 1. The second-order valence-corrected chi connectivity index (χ2v) is 10.9. The molecule has 0 spiro atoms. The Morgan fingerprint density at radius 1 is 1.02 bits per heavy atom. The number of aliphatic hydroxyl groups excluding tert-OH is 1. The summed E-state index contributed by atoms with van der Waals surface area (Å²) in [5.41, 5.74) is 4.93. The number of aliphatic hydroxyl groups is 1. The summed E-state index contributed by atoms with van der Waals surface area (Å²) in [6, 6.07) is 20.4. The van der Waals surface area contributed by atoms with Crippen LogP contribution in [0.1, 0.15) is 63.1 Å². The highest BCUT2D eigenvalue weighted by molar-refractivity contribution is 6.22. The molecule has 1 aliphatic heterocycles. The molecule has 0 atom stereocenters. The molecule has 42 heavy (non-hydrogen) atoms. The molecule has 0 bridgehead atoms. The highest BCUT2D eigenvalue weighted by Crippen LogP contribution is 2.33. The average Bonchev–Trinajstić information content (AvgIpc) is 3.34. The molecule has 0 radical (unpaired) electrons. The van der Waals surface area contributed by atoms with Crippen LogP contribution in [0, 0.1) is 12.8 Å². The fourth-order valence-corrected chi connectivity index (χ4v) is 5.62. The van der Waals surface area contributed by atoms with Crippen molar-refractivity contribution in [1.82, 2.24) is 9.88 Å². The summed E-state index contributed by atoms with van der Waals surface area (Å²) >= 11 is 0. The van der Waals surface area contributed by atoms with Crippen LogP contribution >= 0.6 is 0 Å². The second kappa shape index (κ2) is 13.1. The Kier molecular flexibility index (Phi) is 9.15. The van der Waals surface area contributed by atoms with E-state index in [-0.39, 0.29) is 18.3 Å². The van der Waals surface area contributed by atoms with Crippen molar-refractivity contribution in [2.75, 3.05) is 33.4 Å². The van der Waals surface area contributed by atoms with E-state index < -0.39 is 5.97 Å². The van der Waals surface area contributed by atoms with E-state index in [0.717, 1.165) is 55.4 Å². The van der Waals surface area contributed by atoms with Crippen LogP contribution in [0.3, 0.4) is 0 Å². The molecule has 0 aliphatic carbocycles. The summed E-state index contributed by atoms with van der Waals surface area (Å²) in [6.07, 6.45) is 3.31. The zero-order chi connectivity index (χ0) is 29.6. The number of hydrogen-bond acceptors (Lipinski definition) is 7. The van der Waals surface area contributed by atoms with Crippen LogP contribution < -0.4 is 0 Å². The molecule has 0 saturated carbocycles. The van der Waals surface area contributed by atoms with Crippen molar-refractivity contribution in [3.63, 3.8) is 0 Å². The van der Waals surface area contributed by atoms with E-state index in [9.17, 15) is 19.8 Å². The zero-order valence-electron chi connectivity index (χ0n) is 24.1. The number of aryl methyl sites for hydroxylation is 1. The normalized spacial score (nSPS) is 14.8. The predicted octanol–water partition coefficient (Wildman–Crippen LogP) is 5.80. The molecule has 3 aromatic carbocycles. The molecule has 218 valence electrons. The lowest BCUT2D eigenvalue weighted by Crippen LogP contribution is -2.35. The summed E-state index contributed by atoms with van der Waals surface area (Å²) in [6.45, 7) is 4.94. The maximum Gasteiger partial charge on any atom is 0.338 e. The quantitative estimate of drug-likeness (QED) is 0.127. The molecule has 1 saturated heterocycles. The van der Waals surface area contributed by atoms with Crippen molar-refractivity contribution in [2.24, 2.45) is 10.9 Å². The fraction of sp³-hybridized carbons (Fsp3) is 0.324. The summed E-state index contributed by atoms with van der Waals surface area (Å²) in [5, 5.41) is 21.1. The third-order valence-corrected chi connectivity index (χ3v) is 8.09. The number of methoxy groups -OCH3 is 1. The van der Waals surface area contributed by atoms with Crippen molar-refractivity contribution < 1.29 is 24.5 Å². The first kappa shape index (κ1) is 29.2. The van der Waals surface area contributed by atoms with Crippen LogP contribution in [0.15, 0.2) is 71.7 Å². The number of fused-ring (bicyclic) bond motifs is 1. The number of carbonyl (C=O) groups is 2. The Labute approximate surface area is 245 Å². The third kappa shape index (κ3) is 6.45. The van der Waals surface area contributed by atoms with Crippen molar-refractivity contribution in [1.29, 1.82) is 0 Å². The van der Waals surface area contributed by atoms with Gasteiger partial charge in [-0.05, 0) is 93.7 Å². The van der Waals surface area contributed by atoms with Crippen LogP contribution in [0.4, 0.5) is 5.69 Å². The number of H-pyrrole nitrogens is 1. The Hall–Kier alpha value is -4.27. The van der Waals surface area contributed by atoms with Gasteiger partial charge in [0.05, 0.1) is 29.6 Å². The lowest BCUT2D eigenvalue weighted by atomic mass is 9.97. The van der Waals surface area contributed by atoms with Gasteiger partial charge in [0.1, 0.15) is 0 Å². The maximum atomic E-state index is 12.9. The lowest BCUT2D eigenvalue weighted by Gasteiger charge is -2.30. The molecule has 8 nitrogen and oxygen atoms in total. The van der Waals surface area contributed by atoms with Crippen LogP contribution in [0.2, 0.25) is 0 Å². The molecule has 1 aromatic heterocycles. The molecule has 8 heteroatoms. The topological polar surface area (TPSA) is 115 Å². The standard InChI is InChI=1S/C34H37N3O5/c1-22-19-28-29(20-27(22)34(41)42-2)36-33(40)31(28)32(25-7-4-3-5-8-25)35-26-12-10-24(11-13-26)30(39)9-6-16-37-17-14-23(21-38)15-18-37/h3-5,7-8,10-13,19-20,23,36,38,40H,6,9,14-18,21H2,1-2H3. The van der Waals surface area contributed by atoms with Gasteiger partial charge in [0, 0.05) is 35.1 Å². The molecule has 2 heterocycles. The largest absolute Gasteiger partial charge is 0.494 e. The highest BCUT2D eigenvalue weighted by atomic mass is 16.5. The van der Waals surface area contributed by atoms with Crippen LogP contribution in [-0.4, -0.2) is 70.9 Å². The first-order chi connectivity index (χ1) is 20.4. The molecule has 0 amide bonds. The number of hydrogen-bond donors (Lipinski definition) is 3. The van der Waals surface area contributed by atoms with Gasteiger partial charge in [0.2, 0.25) is 0 Å². The number of nitrogens with zero attached hydrogens (tertiary/aromatic N) is 2. The van der Waals surface area contributed by atoms with E-state index in [2.05, 4.69) is 9.88 Å². The molecule has 1 fully saturated rings. The van der Waals surface area contributed by atoms with E-state index in [1.165, 1.54) is 7.11 Å². The minimum absolute atomic E-state index is 0.0543. The van der Waals surface area contributed by atoms with E-state index in [0.29, 0.717) is 45.9 Å². The molecule has 0 unspecified atom stereocenters. The minimum Gasteiger partial charge on any atom is -0.494 e. The van der Waals surface area contributed by atoms with Gasteiger partial charge in [-0.2, -0.15) is 0 Å². The van der Waals surface area contributed by atoms with Crippen molar-refractivity contribution in [3.05, 3.63) is 94.5 Å². The van der Waals surface area contributed by atoms with E-state index >= 15 is 0 Å². The van der Waals surface area contributed by atoms with Gasteiger partial charge in [-0.1, -0.05) is 30.3 Å². The van der Waals surface area contributed by atoms with Gasteiger partial charge < -0.3 is 24.8 Å². The number of rotatable bonds is 10. The number of carbonyl (C=O) groups excluding carboxylic acids is 2. The molecule has 4 aromatic rings. The molecule has 3 N–H and O–H groups in total. The van der Waals surface area contributed by atoms with Crippen LogP contribution in [0.25, 0.3) is 10.9 Å². The Morgan fingerprint density at radius 2 is 1.74 bits per heavy atom. The average molecular weight is 568 g/mol. The number of esters is 1. The minimum atomic E-state index is -0.445. The summed E-state index contributed by atoms with van der Waals surface area (Å²) in [4.78, 5) is 35.4. The van der Waals surface area contributed by atoms with Crippen molar-refractivity contribution in [2.45, 2.75) is 32.6 Å². The number of Topliss-reactive ketones (excluding diaryl/α,β-unsaturated/α-hetero) is 1. The van der Waals surface area contributed by atoms with Gasteiger partial charge in [0.25, 0.3) is 0 Å². The predicted molar refractivity (Wildman–Crippen MR) is 164 cm³/mol. The number of aliphatic imine (C=N–C) groups is 1. The van der Waals surface area contributed by atoms with E-state index in [4.69, 9.17) is 9.73 Å². The Morgan fingerprint density at radius 3 is 2.40 bits per heavy atom. The first-order valence-corrected chi connectivity index (χ1v) is 14.4. The van der Waals surface area contributed by atoms with Crippen LogP contribution in [0.5, 0.6) is 5.88 Å². The Balaban J connectivity index is 1.38. The van der Waals surface area contributed by atoms with Gasteiger partial charge >= 0.3 is 5.97 Å². The Bertz CT molecular complexity index is 1580. The summed E-state index contributed by atoms with van der Waals surface area (Å²) < 4.78 is 4.91. The third-order valence-electron chi connectivity index (χ3n) is 8.09. The number of aromatic amines is 1. The molecular weight excluding hydrogens is 530 g/mol. The highest BCUT2D eigenvalue weighted by Gasteiger charge is 2.22. The van der Waals surface area contributed by atoms with Gasteiger partial charge in [-0.25, -0.2) is 9.79 Å². The smallest absolute Gasteiger partial charge is 0.338 e. The lowest BCUT2D eigenvalue weighted by molar-refractivity contribution is 0.0600. The van der Waals surface area contributed by atoms with E-state index in [1.807, 2.05) is 55.5 Å². The number of ketones is 1. The number of piperidine rings is 1. The van der Waals surface area contributed by atoms with Gasteiger partial charge in [-0.15, -0.1) is 0 Å². The van der Waals surface area contributed by atoms with E-state index in [1.54, 1.807) is 18.2 Å². The van der Waals surface area contributed by atoms with Crippen molar-refractivity contribution in [3.8, 4) is 5.88 Å². The molecular formula is C34H37N3O5. The number of aromatic hydroxyl groups is 1. The first-order valence-electron chi connectivity index (χ1n) is 14.4. The summed E-state index contributed by atoms with van der Waals surface area (Å²) in [5.74, 6) is 0.0147. The zero-order valence-corrected chi connectivity index (χ0v) is 24.1. The number of benzene rings is 3. The number of nitrogens with one attached hydrogen (secondary N) is 1. The molecule has 1 aliphatic rings. The monoisotopic (exact) mass is 567 g/mol.